The van der Waals surface area contributed by atoms with Gasteiger partial charge in [-0.05, 0) is 41.5 Å². The molecule has 1 aliphatic rings. The number of hydrogen-bond acceptors (Lipinski definition) is 5. The van der Waals surface area contributed by atoms with E-state index in [0.29, 0.717) is 10.4 Å². The van der Waals surface area contributed by atoms with Gasteiger partial charge < -0.3 is 15.7 Å². The van der Waals surface area contributed by atoms with E-state index in [2.05, 4.69) is 10.6 Å². The lowest BCUT2D eigenvalue weighted by Crippen LogP contribution is -2.48. The Labute approximate surface area is 204 Å². The SMILES string of the molecule is O=C(NC[C@H](NC(=O)c1ccc(C(=O)[C@@H]2C[C@H]2c2ccccc2)cc1Cl)C(=O)O)c1cccs1. The fourth-order valence-electron chi connectivity index (χ4n) is 3.75. The van der Waals surface area contributed by atoms with Crippen LogP contribution in [0.25, 0.3) is 0 Å². The highest BCUT2D eigenvalue weighted by atomic mass is 35.5. The molecule has 0 aliphatic heterocycles. The highest BCUT2D eigenvalue weighted by Gasteiger charge is 2.44. The molecule has 1 aromatic heterocycles. The van der Waals surface area contributed by atoms with Crippen LogP contribution in [0, 0.1) is 5.92 Å². The quantitative estimate of drug-likeness (QED) is 0.387. The summed E-state index contributed by atoms with van der Waals surface area (Å²) in [5, 5.41) is 16.1. The second-order valence-electron chi connectivity index (χ2n) is 7.97. The average molecular weight is 497 g/mol. The molecule has 0 saturated heterocycles. The lowest BCUT2D eigenvalue weighted by molar-refractivity contribution is -0.139. The van der Waals surface area contributed by atoms with Crippen molar-refractivity contribution < 1.29 is 24.3 Å². The van der Waals surface area contributed by atoms with Crippen LogP contribution in [0.15, 0.2) is 66.0 Å². The van der Waals surface area contributed by atoms with E-state index in [1.165, 1.54) is 29.5 Å². The van der Waals surface area contributed by atoms with Crippen LogP contribution in [-0.4, -0.2) is 41.3 Å². The van der Waals surface area contributed by atoms with Gasteiger partial charge in [0.15, 0.2) is 5.78 Å². The number of thiophene rings is 1. The van der Waals surface area contributed by atoms with Gasteiger partial charge in [-0.25, -0.2) is 4.79 Å². The number of Topliss-reactive ketones (excluding diaryl/α,β-unsaturated/α-hetero) is 1. The molecule has 3 aromatic rings. The third-order valence-electron chi connectivity index (χ3n) is 5.67. The number of halogens is 1. The molecule has 3 N–H and O–H groups in total. The molecule has 1 fully saturated rings. The standard InChI is InChI=1S/C25H21ClN2O5S/c26-19-11-15(22(29)18-12-17(18)14-5-2-1-3-6-14)8-9-16(19)23(30)28-20(25(32)33)13-27-24(31)21-7-4-10-34-21/h1-11,17-18,20H,12-13H2,(H,27,31)(H,28,30)(H,32,33)/t17-,18+,20-/m0/s1. The minimum absolute atomic E-state index is 0.0394. The number of carbonyl (C=O) groups is 4. The first-order chi connectivity index (χ1) is 16.3. The fraction of sp³-hybridized carbons (Fsp3) is 0.200. The van der Waals surface area contributed by atoms with Crippen molar-refractivity contribution in [1.29, 1.82) is 0 Å². The topological polar surface area (TPSA) is 113 Å². The van der Waals surface area contributed by atoms with E-state index in [1.807, 2.05) is 30.3 Å². The Morgan fingerprint density at radius 3 is 2.44 bits per heavy atom. The summed E-state index contributed by atoms with van der Waals surface area (Å²) in [6.07, 6.45) is 0.764. The Kier molecular flexibility index (Phi) is 7.09. The van der Waals surface area contributed by atoms with E-state index in [-0.39, 0.29) is 34.7 Å². The molecule has 0 unspecified atom stereocenters. The monoisotopic (exact) mass is 496 g/mol. The van der Waals surface area contributed by atoms with Crippen LogP contribution in [0.3, 0.4) is 0 Å². The number of carbonyl (C=O) groups excluding carboxylic acids is 3. The van der Waals surface area contributed by atoms with Gasteiger partial charge in [0, 0.05) is 18.0 Å². The zero-order valence-corrected chi connectivity index (χ0v) is 19.4. The van der Waals surface area contributed by atoms with Gasteiger partial charge in [0.05, 0.1) is 15.5 Å². The van der Waals surface area contributed by atoms with Gasteiger partial charge in [-0.3, -0.25) is 14.4 Å². The number of aliphatic carboxylic acids is 1. The lowest BCUT2D eigenvalue weighted by Gasteiger charge is -2.16. The lowest BCUT2D eigenvalue weighted by atomic mass is 10.0. The van der Waals surface area contributed by atoms with Gasteiger partial charge in [-0.2, -0.15) is 0 Å². The van der Waals surface area contributed by atoms with Crippen LogP contribution < -0.4 is 10.6 Å². The van der Waals surface area contributed by atoms with Crippen LogP contribution in [0.2, 0.25) is 5.02 Å². The van der Waals surface area contributed by atoms with Crippen molar-refractivity contribution in [3.8, 4) is 0 Å². The van der Waals surface area contributed by atoms with E-state index in [4.69, 9.17) is 11.6 Å². The maximum absolute atomic E-state index is 12.9. The summed E-state index contributed by atoms with van der Waals surface area (Å²) in [6, 6.07) is 16.2. The Bertz CT molecular complexity index is 1230. The first-order valence-electron chi connectivity index (χ1n) is 10.6. The van der Waals surface area contributed by atoms with Crippen molar-refractivity contribution in [2.75, 3.05) is 6.54 Å². The van der Waals surface area contributed by atoms with Gasteiger partial charge in [0.1, 0.15) is 6.04 Å². The van der Waals surface area contributed by atoms with Gasteiger partial charge in [-0.15, -0.1) is 11.3 Å². The maximum Gasteiger partial charge on any atom is 0.328 e. The van der Waals surface area contributed by atoms with Crippen molar-refractivity contribution in [1.82, 2.24) is 10.6 Å². The third-order valence-corrected chi connectivity index (χ3v) is 6.85. The normalized spacial score (nSPS) is 17.4. The van der Waals surface area contributed by atoms with Crippen LogP contribution in [-0.2, 0) is 4.79 Å². The second-order valence-corrected chi connectivity index (χ2v) is 9.32. The number of ketones is 1. The van der Waals surface area contributed by atoms with Gasteiger partial charge in [-0.1, -0.05) is 54.1 Å². The Morgan fingerprint density at radius 2 is 1.79 bits per heavy atom. The highest BCUT2D eigenvalue weighted by molar-refractivity contribution is 7.12. The maximum atomic E-state index is 12.9. The number of hydrogen-bond donors (Lipinski definition) is 3. The number of rotatable bonds is 9. The van der Waals surface area contributed by atoms with E-state index < -0.39 is 23.8 Å². The van der Waals surface area contributed by atoms with Crippen LogP contribution in [0.1, 0.15) is 48.3 Å². The predicted octanol–water partition coefficient (Wildman–Crippen LogP) is 4.00. The number of amides is 2. The first-order valence-corrected chi connectivity index (χ1v) is 11.8. The summed E-state index contributed by atoms with van der Waals surface area (Å²) < 4.78 is 0. The molecule has 1 heterocycles. The molecule has 7 nitrogen and oxygen atoms in total. The first kappa shape index (κ1) is 23.7. The molecular formula is C25H21ClN2O5S. The summed E-state index contributed by atoms with van der Waals surface area (Å²) in [4.78, 5) is 49.6. The Hall–Kier alpha value is -3.49. The molecular weight excluding hydrogens is 476 g/mol. The Morgan fingerprint density at radius 1 is 1.03 bits per heavy atom. The largest absolute Gasteiger partial charge is 0.480 e. The number of carboxylic acid groups (broad SMARTS) is 1. The summed E-state index contributed by atoms with van der Waals surface area (Å²) >= 11 is 7.50. The van der Waals surface area contributed by atoms with Crippen molar-refractivity contribution in [3.63, 3.8) is 0 Å². The zero-order valence-electron chi connectivity index (χ0n) is 17.9. The van der Waals surface area contributed by atoms with Gasteiger partial charge >= 0.3 is 5.97 Å². The van der Waals surface area contributed by atoms with E-state index in [0.717, 1.165) is 12.0 Å². The van der Waals surface area contributed by atoms with Crippen LogP contribution >= 0.6 is 22.9 Å². The second kappa shape index (κ2) is 10.2. The number of nitrogens with one attached hydrogen (secondary N) is 2. The fourth-order valence-corrected chi connectivity index (χ4v) is 4.65. The molecule has 4 rings (SSSR count). The van der Waals surface area contributed by atoms with Crippen molar-refractivity contribution >= 4 is 46.5 Å². The molecule has 0 spiro atoms. The minimum Gasteiger partial charge on any atom is -0.480 e. The smallest absolute Gasteiger partial charge is 0.328 e. The molecule has 2 amide bonds. The summed E-state index contributed by atoms with van der Waals surface area (Å²) in [6.45, 7) is -0.297. The molecule has 0 bridgehead atoms. The predicted molar refractivity (Wildman–Crippen MR) is 129 cm³/mol. The van der Waals surface area contributed by atoms with E-state index in [9.17, 15) is 24.3 Å². The molecule has 1 saturated carbocycles. The molecule has 174 valence electrons. The van der Waals surface area contributed by atoms with Crippen molar-refractivity contribution in [2.45, 2.75) is 18.4 Å². The van der Waals surface area contributed by atoms with E-state index in [1.54, 1.807) is 17.5 Å². The molecule has 3 atom stereocenters. The Balaban J connectivity index is 1.38. The molecule has 9 heteroatoms. The zero-order chi connectivity index (χ0) is 24.2. The van der Waals surface area contributed by atoms with Crippen LogP contribution in [0.5, 0.6) is 0 Å². The molecule has 34 heavy (non-hydrogen) atoms. The minimum atomic E-state index is -1.35. The average Bonchev–Trinajstić information content (AvgIpc) is 3.44. The number of benzene rings is 2. The molecule has 2 aromatic carbocycles. The van der Waals surface area contributed by atoms with Gasteiger partial charge in [0.2, 0.25) is 0 Å². The van der Waals surface area contributed by atoms with E-state index >= 15 is 0 Å². The van der Waals surface area contributed by atoms with Crippen molar-refractivity contribution in [3.05, 3.63) is 92.6 Å². The summed E-state index contributed by atoms with van der Waals surface area (Å²) in [5.74, 6) is -2.43. The van der Waals surface area contributed by atoms with Crippen molar-refractivity contribution in [2.24, 2.45) is 5.92 Å². The van der Waals surface area contributed by atoms with Crippen LogP contribution in [0.4, 0.5) is 0 Å². The van der Waals surface area contributed by atoms with Gasteiger partial charge in [0.25, 0.3) is 11.8 Å². The highest BCUT2D eigenvalue weighted by Crippen LogP contribution is 2.49. The molecule has 1 aliphatic carbocycles. The molecule has 0 radical (unpaired) electrons. The summed E-state index contributed by atoms with van der Waals surface area (Å²) in [7, 11) is 0. The summed E-state index contributed by atoms with van der Waals surface area (Å²) in [5.41, 5.74) is 1.57. The number of carboxylic acids is 1. The third kappa shape index (κ3) is 5.35.